The average molecular weight is 315 g/mol. The molecule has 0 saturated carbocycles. The minimum atomic E-state index is -3.98. The second kappa shape index (κ2) is 6.40. The first-order chi connectivity index (χ1) is 9.70. The maximum Gasteiger partial charge on any atom is 0.312 e. The van der Waals surface area contributed by atoms with Crippen LogP contribution >= 0.6 is 0 Å². The Hall–Kier alpha value is -1.67. The van der Waals surface area contributed by atoms with E-state index in [1.54, 1.807) is 6.92 Å². The van der Waals surface area contributed by atoms with Crippen molar-refractivity contribution in [1.29, 1.82) is 0 Å². The molecule has 118 valence electrons. The molecule has 21 heavy (non-hydrogen) atoms. The fourth-order valence-corrected chi connectivity index (χ4v) is 3.65. The third kappa shape index (κ3) is 3.70. The third-order valence-electron chi connectivity index (χ3n) is 3.68. The number of anilines is 1. The first-order valence-electron chi connectivity index (χ1n) is 6.70. The molecule has 0 radical (unpaired) electrons. The molecular formula is C13H21N3O4S. The molecule has 0 amide bonds. The van der Waals surface area contributed by atoms with Gasteiger partial charge in [-0.25, -0.2) is 13.1 Å². The first-order valence-corrected chi connectivity index (χ1v) is 8.18. The van der Waals surface area contributed by atoms with Crippen molar-refractivity contribution in [2.45, 2.75) is 44.0 Å². The van der Waals surface area contributed by atoms with Crippen LogP contribution in [0.2, 0.25) is 0 Å². The Morgan fingerprint density at radius 3 is 2.29 bits per heavy atom. The SMILES string of the molecule is CCC(C)(CC)NS(=O)(=O)c1cccc(NC)c1[N+](=O)[O-]. The van der Waals surface area contributed by atoms with Gasteiger partial charge in [-0.15, -0.1) is 0 Å². The number of sulfonamides is 1. The number of rotatable bonds is 7. The molecule has 0 aromatic heterocycles. The van der Waals surface area contributed by atoms with E-state index >= 15 is 0 Å². The zero-order valence-electron chi connectivity index (χ0n) is 12.6. The van der Waals surface area contributed by atoms with E-state index in [9.17, 15) is 18.5 Å². The number of benzene rings is 1. The summed E-state index contributed by atoms with van der Waals surface area (Å²) >= 11 is 0. The minimum absolute atomic E-state index is 0.164. The van der Waals surface area contributed by atoms with Gasteiger partial charge in [-0.05, 0) is 31.9 Å². The van der Waals surface area contributed by atoms with Crippen molar-refractivity contribution in [3.05, 3.63) is 28.3 Å². The maximum absolute atomic E-state index is 12.5. The molecule has 0 unspecified atom stereocenters. The Kier molecular flexibility index (Phi) is 5.30. The van der Waals surface area contributed by atoms with Gasteiger partial charge in [0, 0.05) is 12.6 Å². The number of para-hydroxylation sites is 1. The van der Waals surface area contributed by atoms with Gasteiger partial charge in [-0.1, -0.05) is 19.9 Å². The molecule has 7 nitrogen and oxygen atoms in total. The van der Waals surface area contributed by atoms with Crippen LogP contribution in [0.15, 0.2) is 23.1 Å². The minimum Gasteiger partial charge on any atom is -0.383 e. The highest BCUT2D eigenvalue weighted by molar-refractivity contribution is 7.89. The van der Waals surface area contributed by atoms with Gasteiger partial charge in [0.05, 0.1) is 4.92 Å². The summed E-state index contributed by atoms with van der Waals surface area (Å²) in [7, 11) is -2.47. The van der Waals surface area contributed by atoms with Crippen LogP contribution in [-0.2, 0) is 10.0 Å². The van der Waals surface area contributed by atoms with Gasteiger partial charge in [-0.2, -0.15) is 0 Å². The van der Waals surface area contributed by atoms with Crippen molar-refractivity contribution in [1.82, 2.24) is 4.72 Å². The Morgan fingerprint density at radius 1 is 1.29 bits per heavy atom. The van der Waals surface area contributed by atoms with Gasteiger partial charge in [0.2, 0.25) is 10.0 Å². The Balaban J connectivity index is 3.42. The molecule has 0 fully saturated rings. The summed E-state index contributed by atoms with van der Waals surface area (Å²) in [5, 5.41) is 13.9. The van der Waals surface area contributed by atoms with Crippen molar-refractivity contribution >= 4 is 21.4 Å². The second-order valence-corrected chi connectivity index (χ2v) is 6.68. The summed E-state index contributed by atoms with van der Waals surface area (Å²) in [5.41, 5.74) is -0.915. The largest absolute Gasteiger partial charge is 0.383 e. The normalized spacial score (nSPS) is 12.2. The molecule has 0 bridgehead atoms. The lowest BCUT2D eigenvalue weighted by atomic mass is 9.98. The summed E-state index contributed by atoms with van der Waals surface area (Å²) < 4.78 is 27.6. The van der Waals surface area contributed by atoms with Crippen LogP contribution < -0.4 is 10.0 Å². The number of nitro benzene ring substituents is 1. The van der Waals surface area contributed by atoms with E-state index in [0.717, 1.165) is 0 Å². The van der Waals surface area contributed by atoms with Crippen LogP contribution in [0.4, 0.5) is 11.4 Å². The third-order valence-corrected chi connectivity index (χ3v) is 5.35. The fraction of sp³-hybridized carbons (Fsp3) is 0.538. The molecule has 0 heterocycles. The van der Waals surface area contributed by atoms with Crippen molar-refractivity contribution in [2.24, 2.45) is 0 Å². The van der Waals surface area contributed by atoms with E-state index in [2.05, 4.69) is 10.0 Å². The lowest BCUT2D eigenvalue weighted by molar-refractivity contribution is -0.386. The zero-order valence-corrected chi connectivity index (χ0v) is 13.5. The number of nitro groups is 1. The standard InChI is InChI=1S/C13H21N3O4S/c1-5-13(3,6-2)15-21(19,20)11-9-7-8-10(14-4)12(11)16(17)18/h7-9,14-15H,5-6H2,1-4H3. The zero-order chi connectivity index (χ0) is 16.3. The first kappa shape index (κ1) is 17.4. The Morgan fingerprint density at radius 2 is 1.86 bits per heavy atom. The summed E-state index contributed by atoms with van der Waals surface area (Å²) in [5.74, 6) is 0. The number of nitrogens with one attached hydrogen (secondary N) is 2. The molecule has 0 atom stereocenters. The van der Waals surface area contributed by atoms with Gasteiger partial charge in [-0.3, -0.25) is 10.1 Å². The summed E-state index contributed by atoms with van der Waals surface area (Å²) in [4.78, 5) is 10.2. The van der Waals surface area contributed by atoms with Crippen LogP contribution in [0, 0.1) is 10.1 Å². The van der Waals surface area contributed by atoms with Crippen molar-refractivity contribution in [3.8, 4) is 0 Å². The molecule has 0 aliphatic rings. The molecule has 0 saturated heterocycles. The topological polar surface area (TPSA) is 101 Å². The molecule has 1 rings (SSSR count). The van der Waals surface area contributed by atoms with Gasteiger partial charge < -0.3 is 5.32 Å². The predicted octanol–water partition coefficient (Wildman–Crippen LogP) is 2.49. The van der Waals surface area contributed by atoms with E-state index in [0.29, 0.717) is 12.8 Å². The van der Waals surface area contributed by atoms with E-state index in [-0.39, 0.29) is 10.6 Å². The predicted molar refractivity (Wildman–Crippen MR) is 82.0 cm³/mol. The second-order valence-electron chi connectivity index (χ2n) is 5.03. The molecule has 0 spiro atoms. The molecule has 1 aromatic rings. The molecular weight excluding hydrogens is 294 g/mol. The molecule has 8 heteroatoms. The van der Waals surface area contributed by atoms with Crippen LogP contribution in [0.5, 0.6) is 0 Å². The highest BCUT2D eigenvalue weighted by Crippen LogP contribution is 2.32. The van der Waals surface area contributed by atoms with Crippen LogP contribution in [-0.4, -0.2) is 25.9 Å². The van der Waals surface area contributed by atoms with Gasteiger partial charge in [0.15, 0.2) is 4.90 Å². The average Bonchev–Trinajstić information content (AvgIpc) is 2.45. The smallest absolute Gasteiger partial charge is 0.312 e. The highest BCUT2D eigenvalue weighted by atomic mass is 32.2. The quantitative estimate of drug-likeness (QED) is 0.594. The van der Waals surface area contributed by atoms with Crippen molar-refractivity contribution in [3.63, 3.8) is 0 Å². The van der Waals surface area contributed by atoms with E-state index in [1.165, 1.54) is 25.2 Å². The van der Waals surface area contributed by atoms with Crippen LogP contribution in [0.3, 0.4) is 0 Å². The van der Waals surface area contributed by atoms with E-state index < -0.39 is 26.2 Å². The van der Waals surface area contributed by atoms with E-state index in [4.69, 9.17) is 0 Å². The van der Waals surface area contributed by atoms with Gasteiger partial charge in [0.1, 0.15) is 5.69 Å². The lowest BCUT2D eigenvalue weighted by Crippen LogP contribution is -2.44. The summed E-state index contributed by atoms with van der Waals surface area (Å²) in [6, 6.07) is 4.19. The molecule has 0 aliphatic carbocycles. The lowest BCUT2D eigenvalue weighted by Gasteiger charge is -2.27. The van der Waals surface area contributed by atoms with Gasteiger partial charge >= 0.3 is 5.69 Å². The van der Waals surface area contributed by atoms with Crippen LogP contribution in [0.25, 0.3) is 0 Å². The molecule has 0 aliphatic heterocycles. The Bertz CT molecular complexity index is 624. The highest BCUT2D eigenvalue weighted by Gasteiger charge is 2.33. The number of hydrogen-bond donors (Lipinski definition) is 2. The van der Waals surface area contributed by atoms with Crippen molar-refractivity contribution < 1.29 is 13.3 Å². The summed E-state index contributed by atoms with van der Waals surface area (Å²) in [6.07, 6.45) is 1.17. The fourth-order valence-electron chi connectivity index (χ4n) is 1.90. The number of hydrogen-bond acceptors (Lipinski definition) is 5. The van der Waals surface area contributed by atoms with E-state index in [1.807, 2.05) is 13.8 Å². The maximum atomic E-state index is 12.5. The molecule has 2 N–H and O–H groups in total. The Labute approximate surface area is 124 Å². The van der Waals surface area contributed by atoms with Crippen LogP contribution in [0.1, 0.15) is 33.6 Å². The van der Waals surface area contributed by atoms with Gasteiger partial charge in [0.25, 0.3) is 0 Å². The summed E-state index contributed by atoms with van der Waals surface area (Å²) in [6.45, 7) is 5.51. The monoisotopic (exact) mass is 315 g/mol. The van der Waals surface area contributed by atoms with Crippen molar-refractivity contribution in [2.75, 3.05) is 12.4 Å². The molecule has 1 aromatic carbocycles. The number of nitrogens with zero attached hydrogens (tertiary/aromatic N) is 1.